The first-order chi connectivity index (χ1) is 10.3. The van der Waals surface area contributed by atoms with E-state index in [9.17, 15) is 10.1 Å². The van der Waals surface area contributed by atoms with E-state index in [2.05, 4.69) is 11.1 Å². The molecule has 2 aromatic rings. The molecule has 0 bridgehead atoms. The lowest BCUT2D eigenvalue weighted by atomic mass is 9.99. The predicted octanol–water partition coefficient (Wildman–Crippen LogP) is 3.90. The van der Waals surface area contributed by atoms with Crippen LogP contribution in [0.2, 0.25) is 0 Å². The number of Topliss-reactive ketones (excluding diaryl/α,β-unsaturated/α-hetero) is 1. The third-order valence-corrected chi connectivity index (χ3v) is 5.12. The Morgan fingerprint density at radius 3 is 2.90 bits per heavy atom. The Morgan fingerprint density at radius 1 is 1.29 bits per heavy atom. The molecule has 4 heteroatoms. The van der Waals surface area contributed by atoms with Gasteiger partial charge in [0, 0.05) is 11.1 Å². The van der Waals surface area contributed by atoms with Gasteiger partial charge in [-0.05, 0) is 49.4 Å². The number of aryl methyl sites for hydroxylation is 2. The molecule has 2 heterocycles. The molecule has 0 saturated heterocycles. The number of carbonyl (C=O) groups is 1. The van der Waals surface area contributed by atoms with Crippen molar-refractivity contribution < 1.29 is 4.79 Å². The Labute approximate surface area is 128 Å². The second kappa shape index (κ2) is 6.19. The lowest BCUT2D eigenvalue weighted by Gasteiger charge is -2.05. The third-order valence-electron chi connectivity index (χ3n) is 3.86. The smallest absolute Gasteiger partial charge is 0.195 e. The van der Waals surface area contributed by atoms with Crippen LogP contribution in [-0.2, 0) is 12.8 Å². The van der Waals surface area contributed by atoms with Gasteiger partial charge in [0.2, 0.25) is 0 Å². The van der Waals surface area contributed by atoms with Gasteiger partial charge in [0.15, 0.2) is 11.7 Å². The van der Waals surface area contributed by atoms with Gasteiger partial charge in [-0.1, -0.05) is 12.5 Å². The predicted molar refractivity (Wildman–Crippen MR) is 82.5 cm³/mol. The molecule has 1 unspecified atom stereocenters. The number of fused-ring (bicyclic) bond motifs is 1. The van der Waals surface area contributed by atoms with Crippen LogP contribution in [0.3, 0.4) is 0 Å². The molecule has 0 spiro atoms. The maximum atomic E-state index is 12.6. The highest BCUT2D eigenvalue weighted by atomic mass is 32.1. The number of nitrogens with zero attached hydrogens (tertiary/aromatic N) is 2. The van der Waals surface area contributed by atoms with E-state index in [4.69, 9.17) is 0 Å². The van der Waals surface area contributed by atoms with Gasteiger partial charge in [0.1, 0.15) is 0 Å². The van der Waals surface area contributed by atoms with Crippen LogP contribution < -0.4 is 0 Å². The SMILES string of the molecule is N#CC(C(=O)c1cc2c(s1)CCCCC2)c1ccccn1. The number of pyridine rings is 1. The van der Waals surface area contributed by atoms with Crippen molar-refractivity contribution in [1.82, 2.24) is 4.98 Å². The van der Waals surface area contributed by atoms with E-state index >= 15 is 0 Å². The Balaban J connectivity index is 1.89. The standard InChI is InChI=1S/C17H16N2OS/c18-11-13(14-7-4-5-9-19-14)17(20)16-10-12-6-2-1-3-8-15(12)21-16/h4-5,7,9-10,13H,1-3,6,8H2. The van der Waals surface area contributed by atoms with Crippen molar-refractivity contribution >= 4 is 17.1 Å². The zero-order valence-electron chi connectivity index (χ0n) is 11.7. The van der Waals surface area contributed by atoms with E-state index in [1.807, 2.05) is 12.1 Å². The summed E-state index contributed by atoms with van der Waals surface area (Å²) in [6.45, 7) is 0. The molecule has 0 amide bonds. The average Bonchev–Trinajstić information content (AvgIpc) is 2.80. The van der Waals surface area contributed by atoms with Gasteiger partial charge in [0.25, 0.3) is 0 Å². The van der Waals surface area contributed by atoms with Gasteiger partial charge in [-0.15, -0.1) is 11.3 Å². The molecule has 0 aliphatic heterocycles. The lowest BCUT2D eigenvalue weighted by molar-refractivity contribution is 0.0981. The molecule has 106 valence electrons. The second-order valence-corrected chi connectivity index (χ2v) is 6.44. The van der Waals surface area contributed by atoms with Gasteiger partial charge in [-0.3, -0.25) is 9.78 Å². The van der Waals surface area contributed by atoms with Gasteiger partial charge in [0.05, 0.1) is 16.6 Å². The summed E-state index contributed by atoms with van der Waals surface area (Å²) in [5.74, 6) is -0.914. The Kier molecular flexibility index (Phi) is 4.12. The van der Waals surface area contributed by atoms with Crippen LogP contribution in [0.15, 0.2) is 30.5 Å². The van der Waals surface area contributed by atoms with E-state index in [1.54, 1.807) is 29.7 Å². The van der Waals surface area contributed by atoms with Gasteiger partial charge < -0.3 is 0 Å². The molecule has 3 nitrogen and oxygen atoms in total. The zero-order chi connectivity index (χ0) is 14.7. The summed E-state index contributed by atoms with van der Waals surface area (Å²) in [6, 6.07) is 9.44. The monoisotopic (exact) mass is 296 g/mol. The summed E-state index contributed by atoms with van der Waals surface area (Å²) < 4.78 is 0. The maximum Gasteiger partial charge on any atom is 0.195 e. The number of rotatable bonds is 3. The van der Waals surface area contributed by atoms with Crippen molar-refractivity contribution in [2.75, 3.05) is 0 Å². The molecule has 0 N–H and O–H groups in total. The molecule has 3 rings (SSSR count). The molecular formula is C17H16N2OS. The fraction of sp³-hybridized carbons (Fsp3) is 0.353. The number of aromatic nitrogens is 1. The van der Waals surface area contributed by atoms with Gasteiger partial charge >= 0.3 is 0 Å². The fourth-order valence-electron chi connectivity index (χ4n) is 2.74. The minimum Gasteiger partial charge on any atom is -0.291 e. The first-order valence-electron chi connectivity index (χ1n) is 7.26. The largest absolute Gasteiger partial charge is 0.291 e. The number of thiophene rings is 1. The summed E-state index contributed by atoms with van der Waals surface area (Å²) in [6.07, 6.45) is 7.40. The van der Waals surface area contributed by atoms with E-state index in [1.165, 1.54) is 29.7 Å². The summed E-state index contributed by atoms with van der Waals surface area (Å²) in [5, 5.41) is 9.35. The molecule has 1 atom stereocenters. The molecule has 1 aliphatic carbocycles. The van der Waals surface area contributed by atoms with Gasteiger partial charge in [-0.2, -0.15) is 5.26 Å². The Hall–Kier alpha value is -1.99. The first kappa shape index (κ1) is 14.0. The van der Waals surface area contributed by atoms with Crippen LogP contribution in [-0.4, -0.2) is 10.8 Å². The summed E-state index contributed by atoms with van der Waals surface area (Å²) >= 11 is 1.57. The van der Waals surface area contributed by atoms with Crippen molar-refractivity contribution in [2.45, 2.75) is 38.0 Å². The minimum atomic E-state index is -0.798. The van der Waals surface area contributed by atoms with Crippen LogP contribution >= 0.6 is 11.3 Å². The quantitative estimate of drug-likeness (QED) is 0.637. The zero-order valence-corrected chi connectivity index (χ0v) is 12.5. The highest BCUT2D eigenvalue weighted by molar-refractivity contribution is 7.14. The van der Waals surface area contributed by atoms with Crippen LogP contribution in [0.5, 0.6) is 0 Å². The number of ketones is 1. The second-order valence-electron chi connectivity index (χ2n) is 5.30. The van der Waals surface area contributed by atoms with Crippen molar-refractivity contribution in [2.24, 2.45) is 0 Å². The average molecular weight is 296 g/mol. The van der Waals surface area contributed by atoms with Gasteiger partial charge in [-0.25, -0.2) is 0 Å². The van der Waals surface area contributed by atoms with Crippen LogP contribution in [0.1, 0.15) is 51.0 Å². The number of carbonyl (C=O) groups excluding carboxylic acids is 1. The van der Waals surface area contributed by atoms with Crippen LogP contribution in [0.4, 0.5) is 0 Å². The molecule has 0 radical (unpaired) electrons. The first-order valence-corrected chi connectivity index (χ1v) is 8.07. The summed E-state index contributed by atoms with van der Waals surface area (Å²) in [7, 11) is 0. The molecule has 0 aromatic carbocycles. The third kappa shape index (κ3) is 2.88. The summed E-state index contributed by atoms with van der Waals surface area (Å²) in [5.41, 5.74) is 1.84. The lowest BCUT2D eigenvalue weighted by Crippen LogP contribution is -2.11. The molecule has 0 saturated carbocycles. The Morgan fingerprint density at radius 2 is 2.14 bits per heavy atom. The van der Waals surface area contributed by atoms with E-state index in [0.717, 1.165) is 12.8 Å². The van der Waals surface area contributed by atoms with Crippen molar-refractivity contribution in [3.8, 4) is 6.07 Å². The minimum absolute atomic E-state index is 0.116. The molecule has 0 fully saturated rings. The number of hydrogen-bond donors (Lipinski definition) is 0. The van der Waals surface area contributed by atoms with Crippen molar-refractivity contribution in [3.05, 3.63) is 51.5 Å². The van der Waals surface area contributed by atoms with E-state index in [-0.39, 0.29) is 5.78 Å². The number of nitriles is 1. The highest BCUT2D eigenvalue weighted by Crippen LogP contribution is 2.31. The molecule has 1 aliphatic rings. The van der Waals surface area contributed by atoms with Crippen molar-refractivity contribution in [3.63, 3.8) is 0 Å². The number of hydrogen-bond acceptors (Lipinski definition) is 4. The molecule has 2 aromatic heterocycles. The normalized spacial score (nSPS) is 15.6. The topological polar surface area (TPSA) is 53.8 Å². The van der Waals surface area contributed by atoms with Crippen molar-refractivity contribution in [1.29, 1.82) is 5.26 Å². The molecular weight excluding hydrogens is 280 g/mol. The summed E-state index contributed by atoms with van der Waals surface area (Å²) in [4.78, 5) is 18.8. The molecule has 21 heavy (non-hydrogen) atoms. The van der Waals surface area contributed by atoms with Crippen LogP contribution in [0.25, 0.3) is 0 Å². The van der Waals surface area contributed by atoms with Crippen LogP contribution in [0, 0.1) is 11.3 Å². The fourth-order valence-corrected chi connectivity index (χ4v) is 3.96. The van der Waals surface area contributed by atoms with E-state index < -0.39 is 5.92 Å². The maximum absolute atomic E-state index is 12.6. The Bertz CT molecular complexity index is 661. The highest BCUT2D eigenvalue weighted by Gasteiger charge is 2.25. The van der Waals surface area contributed by atoms with E-state index in [0.29, 0.717) is 10.6 Å².